The molecule has 1 fully saturated rings. The first-order valence-electron chi connectivity index (χ1n) is 6.06. The van der Waals surface area contributed by atoms with Gasteiger partial charge in [-0.15, -0.1) is 0 Å². The molecule has 0 saturated carbocycles. The lowest BCUT2D eigenvalue weighted by Crippen LogP contribution is -2.50. The second-order valence-corrected chi connectivity index (χ2v) is 4.46. The van der Waals surface area contributed by atoms with Crippen LogP contribution >= 0.6 is 0 Å². The molecule has 1 aliphatic rings. The second kappa shape index (κ2) is 5.79. The minimum absolute atomic E-state index is 0.244. The van der Waals surface area contributed by atoms with Crippen LogP contribution in [0.5, 0.6) is 0 Å². The molecule has 2 rings (SSSR count). The molecule has 0 unspecified atom stereocenters. The third-order valence-corrected chi connectivity index (χ3v) is 3.19. The van der Waals surface area contributed by atoms with Gasteiger partial charge in [-0.05, 0) is 6.07 Å². The highest BCUT2D eigenvalue weighted by atomic mass is 19.1. The van der Waals surface area contributed by atoms with Crippen molar-refractivity contribution < 1.29 is 19.1 Å². The van der Waals surface area contributed by atoms with Gasteiger partial charge in [-0.2, -0.15) is 0 Å². The van der Waals surface area contributed by atoms with Gasteiger partial charge in [0.15, 0.2) is 0 Å². The van der Waals surface area contributed by atoms with Gasteiger partial charge in [0.05, 0.1) is 0 Å². The van der Waals surface area contributed by atoms with Crippen molar-refractivity contribution in [2.24, 2.45) is 0 Å². The van der Waals surface area contributed by atoms with E-state index in [-0.39, 0.29) is 5.82 Å². The molecule has 5 nitrogen and oxygen atoms in total. The van der Waals surface area contributed by atoms with Gasteiger partial charge in [0, 0.05) is 38.3 Å². The molecular formula is C13H15FN2O3. The summed E-state index contributed by atoms with van der Waals surface area (Å²) < 4.78 is 13.5. The molecule has 1 saturated heterocycles. The average Bonchev–Trinajstić information content (AvgIpc) is 2.41. The summed E-state index contributed by atoms with van der Waals surface area (Å²) in [7, 11) is 0. The molecule has 102 valence electrons. The minimum atomic E-state index is -1.43. The van der Waals surface area contributed by atoms with Crippen molar-refractivity contribution in [3.05, 3.63) is 35.6 Å². The van der Waals surface area contributed by atoms with Crippen LogP contribution in [0.2, 0.25) is 0 Å². The maximum atomic E-state index is 13.5. The first kappa shape index (κ1) is 13.5. The molecule has 0 radical (unpaired) electrons. The summed E-state index contributed by atoms with van der Waals surface area (Å²) in [6.07, 6.45) is 0. The predicted octanol–water partition coefficient (Wildman–Crippen LogP) is 0.554. The molecule has 0 bridgehead atoms. The van der Waals surface area contributed by atoms with Crippen LogP contribution in [0.15, 0.2) is 24.3 Å². The molecule has 19 heavy (non-hydrogen) atoms. The van der Waals surface area contributed by atoms with E-state index in [0.29, 0.717) is 38.3 Å². The van der Waals surface area contributed by atoms with E-state index in [1.807, 2.05) is 4.90 Å². The number of piperazine rings is 1. The molecule has 1 aromatic carbocycles. The van der Waals surface area contributed by atoms with Gasteiger partial charge in [-0.1, -0.05) is 18.2 Å². The maximum absolute atomic E-state index is 13.5. The molecule has 1 amide bonds. The number of rotatable bonds is 2. The van der Waals surface area contributed by atoms with E-state index in [1.54, 1.807) is 18.2 Å². The number of carbonyl (C=O) groups excluding carboxylic acids is 1. The van der Waals surface area contributed by atoms with Crippen LogP contribution in [0, 0.1) is 5.82 Å². The maximum Gasteiger partial charge on any atom is 0.394 e. The molecule has 0 aliphatic carbocycles. The smallest absolute Gasteiger partial charge is 0.394 e. The summed E-state index contributed by atoms with van der Waals surface area (Å²) in [5, 5.41) is 8.62. The van der Waals surface area contributed by atoms with Crippen molar-refractivity contribution in [1.82, 2.24) is 9.80 Å². The highest BCUT2D eigenvalue weighted by molar-refractivity contribution is 6.31. The lowest BCUT2D eigenvalue weighted by molar-refractivity contribution is -0.156. The van der Waals surface area contributed by atoms with Gasteiger partial charge in [0.2, 0.25) is 0 Å². The van der Waals surface area contributed by atoms with E-state index in [0.717, 1.165) is 0 Å². The van der Waals surface area contributed by atoms with Crippen LogP contribution in [-0.2, 0) is 16.1 Å². The van der Waals surface area contributed by atoms with Gasteiger partial charge in [-0.25, -0.2) is 9.18 Å². The van der Waals surface area contributed by atoms with Gasteiger partial charge in [0.1, 0.15) is 5.82 Å². The van der Waals surface area contributed by atoms with Crippen LogP contribution in [0.3, 0.4) is 0 Å². The van der Waals surface area contributed by atoms with Crippen molar-refractivity contribution in [3.8, 4) is 0 Å². The standard InChI is InChI=1S/C13H15FN2O3/c14-11-4-2-1-3-10(11)9-15-5-7-16(8-6-15)12(17)13(18)19/h1-4H,5-9H2,(H,18,19). The van der Waals surface area contributed by atoms with Crippen molar-refractivity contribution >= 4 is 11.9 Å². The molecule has 1 N–H and O–H groups in total. The van der Waals surface area contributed by atoms with E-state index >= 15 is 0 Å². The van der Waals surface area contributed by atoms with Crippen LogP contribution in [-0.4, -0.2) is 53.0 Å². The number of halogens is 1. The fourth-order valence-electron chi connectivity index (χ4n) is 2.11. The van der Waals surface area contributed by atoms with Crippen LogP contribution in [0.25, 0.3) is 0 Å². The summed E-state index contributed by atoms with van der Waals surface area (Å²) >= 11 is 0. The van der Waals surface area contributed by atoms with Gasteiger partial charge < -0.3 is 10.0 Å². The fourth-order valence-corrected chi connectivity index (χ4v) is 2.11. The van der Waals surface area contributed by atoms with E-state index in [2.05, 4.69) is 0 Å². The van der Waals surface area contributed by atoms with E-state index in [1.165, 1.54) is 11.0 Å². The Balaban J connectivity index is 1.89. The quantitative estimate of drug-likeness (QED) is 0.794. The Labute approximate surface area is 110 Å². The Kier molecular flexibility index (Phi) is 4.11. The minimum Gasteiger partial charge on any atom is -0.474 e. The first-order valence-corrected chi connectivity index (χ1v) is 6.06. The highest BCUT2D eigenvalue weighted by Gasteiger charge is 2.25. The Hall–Kier alpha value is -1.95. The van der Waals surface area contributed by atoms with E-state index in [4.69, 9.17) is 5.11 Å². The van der Waals surface area contributed by atoms with Crippen molar-refractivity contribution in [1.29, 1.82) is 0 Å². The molecule has 1 aliphatic heterocycles. The predicted molar refractivity (Wildman–Crippen MR) is 65.9 cm³/mol. The summed E-state index contributed by atoms with van der Waals surface area (Å²) in [6, 6.07) is 6.56. The van der Waals surface area contributed by atoms with E-state index < -0.39 is 11.9 Å². The largest absolute Gasteiger partial charge is 0.474 e. The molecule has 1 aromatic rings. The number of carbonyl (C=O) groups is 2. The monoisotopic (exact) mass is 266 g/mol. The number of aliphatic carboxylic acids is 1. The molecule has 1 heterocycles. The highest BCUT2D eigenvalue weighted by Crippen LogP contribution is 2.12. The molecule has 0 atom stereocenters. The molecule has 6 heteroatoms. The average molecular weight is 266 g/mol. The van der Waals surface area contributed by atoms with Crippen LogP contribution in [0.1, 0.15) is 5.56 Å². The Morgan fingerprint density at radius 3 is 2.37 bits per heavy atom. The summed E-state index contributed by atoms with van der Waals surface area (Å²) in [6.45, 7) is 2.29. The van der Waals surface area contributed by atoms with Crippen molar-refractivity contribution in [3.63, 3.8) is 0 Å². The number of benzene rings is 1. The first-order chi connectivity index (χ1) is 9.08. The Bertz CT molecular complexity index is 485. The van der Waals surface area contributed by atoms with Gasteiger partial charge in [-0.3, -0.25) is 9.69 Å². The van der Waals surface area contributed by atoms with E-state index in [9.17, 15) is 14.0 Å². The lowest BCUT2D eigenvalue weighted by Gasteiger charge is -2.33. The summed E-state index contributed by atoms with van der Waals surface area (Å²) in [4.78, 5) is 25.1. The lowest BCUT2D eigenvalue weighted by atomic mass is 10.2. The SMILES string of the molecule is O=C(O)C(=O)N1CCN(Cc2ccccc2F)CC1. The zero-order valence-corrected chi connectivity index (χ0v) is 10.4. The molecule has 0 aromatic heterocycles. The van der Waals surface area contributed by atoms with Crippen LogP contribution < -0.4 is 0 Å². The number of nitrogens with zero attached hydrogens (tertiary/aromatic N) is 2. The van der Waals surface area contributed by atoms with Gasteiger partial charge >= 0.3 is 11.9 Å². The zero-order valence-electron chi connectivity index (χ0n) is 10.4. The molecule has 0 spiro atoms. The second-order valence-electron chi connectivity index (χ2n) is 4.46. The van der Waals surface area contributed by atoms with Crippen molar-refractivity contribution in [2.45, 2.75) is 6.54 Å². The summed E-state index contributed by atoms with van der Waals surface area (Å²) in [5.41, 5.74) is 0.612. The number of carboxylic acid groups (broad SMARTS) is 1. The number of carboxylic acids is 1. The van der Waals surface area contributed by atoms with Crippen LogP contribution in [0.4, 0.5) is 4.39 Å². The fraction of sp³-hybridized carbons (Fsp3) is 0.385. The number of amides is 1. The zero-order chi connectivity index (χ0) is 13.8. The van der Waals surface area contributed by atoms with Crippen molar-refractivity contribution in [2.75, 3.05) is 26.2 Å². The summed E-state index contributed by atoms with van der Waals surface area (Å²) in [5.74, 6) is -2.54. The third-order valence-electron chi connectivity index (χ3n) is 3.19. The number of hydrogen-bond donors (Lipinski definition) is 1. The van der Waals surface area contributed by atoms with Gasteiger partial charge in [0.25, 0.3) is 0 Å². The Morgan fingerprint density at radius 1 is 1.16 bits per heavy atom. The topological polar surface area (TPSA) is 60.9 Å². The molecular weight excluding hydrogens is 251 g/mol. The Morgan fingerprint density at radius 2 is 1.79 bits per heavy atom. The normalized spacial score (nSPS) is 16.4. The number of hydrogen-bond acceptors (Lipinski definition) is 3. The third kappa shape index (κ3) is 3.29.